The molecule has 0 bridgehead atoms. The van der Waals surface area contributed by atoms with Crippen molar-refractivity contribution in [3.63, 3.8) is 0 Å². The van der Waals surface area contributed by atoms with E-state index in [2.05, 4.69) is 0 Å². The van der Waals surface area contributed by atoms with Crippen molar-refractivity contribution in [2.45, 2.75) is 13.5 Å². The fourth-order valence-electron chi connectivity index (χ4n) is 1.11. The van der Waals surface area contributed by atoms with Crippen LogP contribution in [-0.2, 0) is 11.3 Å². The van der Waals surface area contributed by atoms with Crippen LogP contribution in [0, 0.1) is 0 Å². The first-order valence-corrected chi connectivity index (χ1v) is 4.24. The maximum absolute atomic E-state index is 11.3. The number of carbonyl (C=O) groups excluding carboxylic acids is 1. The van der Waals surface area contributed by atoms with E-state index in [1.807, 2.05) is 12.1 Å². The van der Waals surface area contributed by atoms with Crippen LogP contribution in [0.1, 0.15) is 22.8 Å². The predicted molar refractivity (Wildman–Crippen MR) is 50.3 cm³/mol. The molecule has 3 nitrogen and oxygen atoms in total. The molecule has 0 saturated heterocycles. The molecular formula is C10H13NO2. The van der Waals surface area contributed by atoms with Crippen LogP contribution < -0.4 is 5.73 Å². The zero-order chi connectivity index (χ0) is 9.68. The smallest absolute Gasteiger partial charge is 0.338 e. The largest absolute Gasteiger partial charge is 0.462 e. The van der Waals surface area contributed by atoms with E-state index in [1.165, 1.54) is 0 Å². The molecule has 0 aliphatic rings. The molecule has 70 valence electrons. The minimum Gasteiger partial charge on any atom is -0.462 e. The van der Waals surface area contributed by atoms with Crippen LogP contribution in [0.3, 0.4) is 0 Å². The highest BCUT2D eigenvalue weighted by Crippen LogP contribution is 2.09. The Morgan fingerprint density at radius 3 is 2.77 bits per heavy atom. The quantitative estimate of drug-likeness (QED) is 0.712. The molecule has 0 heterocycles. The number of hydrogen-bond donors (Lipinski definition) is 1. The van der Waals surface area contributed by atoms with E-state index in [4.69, 9.17) is 10.5 Å². The highest BCUT2D eigenvalue weighted by atomic mass is 16.5. The van der Waals surface area contributed by atoms with Crippen molar-refractivity contribution < 1.29 is 9.53 Å². The molecule has 1 aromatic rings. The van der Waals surface area contributed by atoms with Crippen molar-refractivity contribution in [3.8, 4) is 0 Å². The predicted octanol–water partition coefficient (Wildman–Crippen LogP) is 1.32. The third kappa shape index (κ3) is 2.29. The van der Waals surface area contributed by atoms with Gasteiger partial charge >= 0.3 is 5.97 Å². The Morgan fingerprint density at radius 1 is 1.46 bits per heavy atom. The molecule has 1 aromatic carbocycles. The first kappa shape index (κ1) is 9.74. The van der Waals surface area contributed by atoms with Crippen molar-refractivity contribution in [2.75, 3.05) is 6.61 Å². The molecule has 0 amide bonds. The van der Waals surface area contributed by atoms with Gasteiger partial charge in [-0.25, -0.2) is 4.79 Å². The molecule has 0 aromatic heterocycles. The third-order valence-corrected chi connectivity index (χ3v) is 1.73. The van der Waals surface area contributed by atoms with Crippen LogP contribution in [0.25, 0.3) is 0 Å². The Morgan fingerprint density at radius 2 is 2.15 bits per heavy atom. The van der Waals surface area contributed by atoms with Gasteiger partial charge in [0.1, 0.15) is 0 Å². The SMILES string of the molecule is CCOC(=O)c1ccccc1CN. The van der Waals surface area contributed by atoms with Gasteiger partial charge in [0, 0.05) is 6.54 Å². The zero-order valence-corrected chi connectivity index (χ0v) is 7.62. The second-order valence-corrected chi connectivity index (χ2v) is 2.58. The molecule has 0 atom stereocenters. The van der Waals surface area contributed by atoms with Crippen LogP contribution in [0.4, 0.5) is 0 Å². The number of carbonyl (C=O) groups is 1. The Labute approximate surface area is 77.5 Å². The summed E-state index contributed by atoms with van der Waals surface area (Å²) >= 11 is 0. The first-order valence-electron chi connectivity index (χ1n) is 4.24. The van der Waals surface area contributed by atoms with Crippen molar-refractivity contribution in [1.82, 2.24) is 0 Å². The monoisotopic (exact) mass is 179 g/mol. The van der Waals surface area contributed by atoms with Gasteiger partial charge in [-0.1, -0.05) is 18.2 Å². The van der Waals surface area contributed by atoms with Crippen LogP contribution in [0.2, 0.25) is 0 Å². The molecule has 0 saturated carbocycles. The lowest BCUT2D eigenvalue weighted by Gasteiger charge is -2.05. The summed E-state index contributed by atoms with van der Waals surface area (Å²) in [4.78, 5) is 11.3. The van der Waals surface area contributed by atoms with Gasteiger partial charge in [-0.05, 0) is 18.6 Å². The minimum atomic E-state index is -0.302. The lowest BCUT2D eigenvalue weighted by molar-refractivity contribution is 0.0525. The van der Waals surface area contributed by atoms with Gasteiger partial charge in [-0.3, -0.25) is 0 Å². The summed E-state index contributed by atoms with van der Waals surface area (Å²) in [6, 6.07) is 7.20. The van der Waals surface area contributed by atoms with E-state index in [9.17, 15) is 4.79 Å². The molecule has 0 aliphatic carbocycles. The highest BCUT2D eigenvalue weighted by molar-refractivity contribution is 5.91. The normalized spacial score (nSPS) is 9.69. The molecule has 13 heavy (non-hydrogen) atoms. The molecule has 0 aliphatic heterocycles. The second kappa shape index (κ2) is 4.62. The summed E-state index contributed by atoms with van der Waals surface area (Å²) in [5.74, 6) is -0.302. The summed E-state index contributed by atoms with van der Waals surface area (Å²) < 4.78 is 4.88. The molecule has 3 heteroatoms. The minimum absolute atomic E-state index is 0.302. The van der Waals surface area contributed by atoms with Crippen LogP contribution in [0.15, 0.2) is 24.3 Å². The van der Waals surface area contributed by atoms with Gasteiger partial charge in [0.2, 0.25) is 0 Å². The van der Waals surface area contributed by atoms with Gasteiger partial charge in [-0.15, -0.1) is 0 Å². The Kier molecular flexibility index (Phi) is 3.46. The van der Waals surface area contributed by atoms with Gasteiger partial charge in [0.25, 0.3) is 0 Å². The lowest BCUT2D eigenvalue weighted by atomic mass is 10.1. The molecule has 0 fully saturated rings. The number of rotatable bonds is 3. The van der Waals surface area contributed by atoms with E-state index in [0.29, 0.717) is 18.7 Å². The second-order valence-electron chi connectivity index (χ2n) is 2.58. The molecule has 0 spiro atoms. The number of esters is 1. The van der Waals surface area contributed by atoms with E-state index >= 15 is 0 Å². The van der Waals surface area contributed by atoms with E-state index in [0.717, 1.165) is 5.56 Å². The fraction of sp³-hybridized carbons (Fsp3) is 0.300. The number of ether oxygens (including phenoxy) is 1. The number of hydrogen-bond acceptors (Lipinski definition) is 3. The molecule has 1 rings (SSSR count). The zero-order valence-electron chi connectivity index (χ0n) is 7.62. The van der Waals surface area contributed by atoms with Crippen molar-refractivity contribution in [1.29, 1.82) is 0 Å². The van der Waals surface area contributed by atoms with Crippen LogP contribution in [-0.4, -0.2) is 12.6 Å². The number of nitrogens with two attached hydrogens (primary N) is 1. The Bertz CT molecular complexity index is 297. The van der Waals surface area contributed by atoms with E-state index in [1.54, 1.807) is 19.1 Å². The average Bonchev–Trinajstić information content (AvgIpc) is 2.18. The Hall–Kier alpha value is -1.35. The van der Waals surface area contributed by atoms with Gasteiger partial charge in [-0.2, -0.15) is 0 Å². The van der Waals surface area contributed by atoms with Crippen molar-refractivity contribution in [3.05, 3.63) is 35.4 Å². The summed E-state index contributed by atoms with van der Waals surface area (Å²) in [7, 11) is 0. The van der Waals surface area contributed by atoms with Crippen LogP contribution in [0.5, 0.6) is 0 Å². The molecular weight excluding hydrogens is 166 g/mol. The third-order valence-electron chi connectivity index (χ3n) is 1.73. The van der Waals surface area contributed by atoms with Crippen LogP contribution >= 0.6 is 0 Å². The maximum Gasteiger partial charge on any atom is 0.338 e. The first-order chi connectivity index (χ1) is 6.29. The average molecular weight is 179 g/mol. The fourth-order valence-corrected chi connectivity index (χ4v) is 1.11. The highest BCUT2D eigenvalue weighted by Gasteiger charge is 2.09. The van der Waals surface area contributed by atoms with Crippen molar-refractivity contribution >= 4 is 5.97 Å². The summed E-state index contributed by atoms with van der Waals surface area (Å²) in [5.41, 5.74) is 6.86. The maximum atomic E-state index is 11.3. The summed E-state index contributed by atoms with van der Waals surface area (Å²) in [6.07, 6.45) is 0. The molecule has 2 N–H and O–H groups in total. The van der Waals surface area contributed by atoms with E-state index < -0.39 is 0 Å². The number of benzene rings is 1. The lowest BCUT2D eigenvalue weighted by Crippen LogP contribution is -2.10. The summed E-state index contributed by atoms with van der Waals surface area (Å²) in [6.45, 7) is 2.52. The Balaban J connectivity index is 2.92. The summed E-state index contributed by atoms with van der Waals surface area (Å²) in [5, 5.41) is 0. The topological polar surface area (TPSA) is 52.3 Å². The van der Waals surface area contributed by atoms with E-state index in [-0.39, 0.29) is 5.97 Å². The van der Waals surface area contributed by atoms with Gasteiger partial charge in [0.15, 0.2) is 0 Å². The molecule has 0 unspecified atom stereocenters. The standard InChI is InChI=1S/C10H13NO2/c1-2-13-10(12)9-6-4-3-5-8(9)7-11/h3-6H,2,7,11H2,1H3. The molecule has 0 radical (unpaired) electrons. The van der Waals surface area contributed by atoms with Gasteiger partial charge < -0.3 is 10.5 Å². The van der Waals surface area contributed by atoms with Gasteiger partial charge in [0.05, 0.1) is 12.2 Å². The van der Waals surface area contributed by atoms with Crippen molar-refractivity contribution in [2.24, 2.45) is 5.73 Å².